The summed E-state index contributed by atoms with van der Waals surface area (Å²) in [6, 6.07) is 6.03. The van der Waals surface area contributed by atoms with Crippen LogP contribution in [0, 0.1) is 0 Å². The number of aromatic nitrogens is 3. The lowest BCUT2D eigenvalue weighted by molar-refractivity contribution is 0.639. The summed E-state index contributed by atoms with van der Waals surface area (Å²) >= 11 is 0. The molecule has 0 spiro atoms. The average Bonchev–Trinajstić information content (AvgIpc) is 2.57. The number of nitrogens with zero attached hydrogens (tertiary/aromatic N) is 5. The molecular formula is C15H20N6. The fraction of sp³-hybridized carbons (Fsp3) is 0.400. The molecule has 3 rings (SSSR count). The van der Waals surface area contributed by atoms with E-state index in [1.54, 1.807) is 0 Å². The minimum Gasteiger partial charge on any atom is -0.353 e. The van der Waals surface area contributed by atoms with Crippen LogP contribution in [0.15, 0.2) is 36.8 Å². The SMILES string of the molecule is CNCc1cnc(N2CCN(c3ccccn3)CC2)cn1. The van der Waals surface area contributed by atoms with Crippen LogP contribution >= 0.6 is 0 Å². The van der Waals surface area contributed by atoms with Crippen LogP contribution < -0.4 is 15.1 Å². The normalized spacial score (nSPS) is 15.3. The smallest absolute Gasteiger partial charge is 0.147 e. The Labute approximate surface area is 124 Å². The molecule has 1 saturated heterocycles. The Kier molecular flexibility index (Phi) is 4.25. The van der Waals surface area contributed by atoms with Gasteiger partial charge in [-0.05, 0) is 19.2 Å². The molecule has 0 radical (unpaired) electrons. The average molecular weight is 284 g/mol. The lowest BCUT2D eigenvalue weighted by Crippen LogP contribution is -2.47. The number of hydrogen-bond acceptors (Lipinski definition) is 6. The molecule has 1 aliphatic heterocycles. The van der Waals surface area contributed by atoms with E-state index >= 15 is 0 Å². The molecule has 0 amide bonds. The van der Waals surface area contributed by atoms with Crippen molar-refractivity contribution >= 4 is 11.6 Å². The van der Waals surface area contributed by atoms with Gasteiger partial charge in [0.1, 0.15) is 11.6 Å². The number of hydrogen-bond donors (Lipinski definition) is 1. The molecule has 2 aromatic rings. The van der Waals surface area contributed by atoms with Crippen LogP contribution in [0.4, 0.5) is 11.6 Å². The maximum absolute atomic E-state index is 4.51. The van der Waals surface area contributed by atoms with E-state index in [-0.39, 0.29) is 0 Å². The molecule has 1 N–H and O–H groups in total. The van der Waals surface area contributed by atoms with Crippen molar-refractivity contribution in [3.8, 4) is 0 Å². The summed E-state index contributed by atoms with van der Waals surface area (Å²) in [5.74, 6) is 2.00. The molecule has 1 aliphatic rings. The summed E-state index contributed by atoms with van der Waals surface area (Å²) < 4.78 is 0. The number of piperazine rings is 1. The monoisotopic (exact) mass is 284 g/mol. The Morgan fingerprint density at radius 2 is 1.71 bits per heavy atom. The molecule has 0 saturated carbocycles. The second-order valence-corrected chi connectivity index (χ2v) is 5.06. The molecule has 110 valence electrons. The van der Waals surface area contributed by atoms with Gasteiger partial charge in [0.2, 0.25) is 0 Å². The summed E-state index contributed by atoms with van der Waals surface area (Å²) in [5, 5.41) is 3.08. The van der Waals surface area contributed by atoms with E-state index < -0.39 is 0 Å². The molecular weight excluding hydrogens is 264 g/mol. The number of rotatable bonds is 4. The van der Waals surface area contributed by atoms with Crippen molar-refractivity contribution in [3.63, 3.8) is 0 Å². The van der Waals surface area contributed by atoms with E-state index in [1.165, 1.54) is 0 Å². The third-order valence-corrected chi connectivity index (χ3v) is 3.63. The fourth-order valence-corrected chi connectivity index (χ4v) is 2.49. The molecule has 1 fully saturated rings. The molecule has 0 unspecified atom stereocenters. The quantitative estimate of drug-likeness (QED) is 0.901. The molecule has 6 nitrogen and oxygen atoms in total. The van der Waals surface area contributed by atoms with Crippen LogP contribution in [0.1, 0.15) is 5.69 Å². The van der Waals surface area contributed by atoms with Gasteiger partial charge in [-0.2, -0.15) is 0 Å². The summed E-state index contributed by atoms with van der Waals surface area (Å²) in [5.41, 5.74) is 0.966. The standard InChI is InChI=1S/C15H20N6/c1-16-10-13-11-19-15(12-18-13)21-8-6-20(7-9-21)14-4-2-3-5-17-14/h2-5,11-12,16H,6-10H2,1H3. The molecule has 2 aromatic heterocycles. The van der Waals surface area contributed by atoms with Crippen LogP contribution in [-0.4, -0.2) is 48.2 Å². The van der Waals surface area contributed by atoms with Crippen LogP contribution in [0.3, 0.4) is 0 Å². The third-order valence-electron chi connectivity index (χ3n) is 3.63. The van der Waals surface area contributed by atoms with Crippen molar-refractivity contribution in [3.05, 3.63) is 42.5 Å². The Hall–Kier alpha value is -2.21. The van der Waals surface area contributed by atoms with Gasteiger partial charge in [0.05, 0.1) is 18.1 Å². The first-order chi connectivity index (χ1) is 10.4. The van der Waals surface area contributed by atoms with Gasteiger partial charge >= 0.3 is 0 Å². The first-order valence-electron chi connectivity index (χ1n) is 7.23. The molecule has 6 heteroatoms. The van der Waals surface area contributed by atoms with E-state index in [2.05, 4.69) is 36.1 Å². The van der Waals surface area contributed by atoms with Gasteiger partial charge in [0.15, 0.2) is 0 Å². The Morgan fingerprint density at radius 3 is 2.29 bits per heavy atom. The van der Waals surface area contributed by atoms with Crippen molar-refractivity contribution in [2.45, 2.75) is 6.54 Å². The van der Waals surface area contributed by atoms with Gasteiger partial charge in [-0.25, -0.2) is 9.97 Å². The Balaban J connectivity index is 1.60. The van der Waals surface area contributed by atoms with E-state index in [1.807, 2.05) is 37.8 Å². The summed E-state index contributed by atoms with van der Waals surface area (Å²) in [4.78, 5) is 17.9. The summed E-state index contributed by atoms with van der Waals surface area (Å²) in [6.07, 6.45) is 5.55. The maximum Gasteiger partial charge on any atom is 0.147 e. The van der Waals surface area contributed by atoms with Gasteiger partial charge < -0.3 is 15.1 Å². The zero-order chi connectivity index (χ0) is 14.5. The van der Waals surface area contributed by atoms with E-state index in [0.717, 1.165) is 50.1 Å². The zero-order valence-electron chi connectivity index (χ0n) is 12.2. The minimum absolute atomic E-state index is 0.751. The largest absolute Gasteiger partial charge is 0.353 e. The van der Waals surface area contributed by atoms with Gasteiger partial charge in [0, 0.05) is 38.9 Å². The van der Waals surface area contributed by atoms with Gasteiger partial charge in [-0.3, -0.25) is 4.98 Å². The third kappa shape index (κ3) is 3.28. The van der Waals surface area contributed by atoms with E-state index in [4.69, 9.17) is 0 Å². The van der Waals surface area contributed by atoms with Crippen LogP contribution in [0.2, 0.25) is 0 Å². The molecule has 3 heterocycles. The number of nitrogens with one attached hydrogen (secondary N) is 1. The van der Waals surface area contributed by atoms with Crippen molar-refractivity contribution in [1.82, 2.24) is 20.3 Å². The van der Waals surface area contributed by atoms with Crippen LogP contribution in [-0.2, 0) is 6.54 Å². The highest BCUT2D eigenvalue weighted by molar-refractivity contribution is 5.43. The van der Waals surface area contributed by atoms with E-state index in [9.17, 15) is 0 Å². The van der Waals surface area contributed by atoms with Crippen molar-refractivity contribution in [2.24, 2.45) is 0 Å². The second-order valence-electron chi connectivity index (χ2n) is 5.06. The highest BCUT2D eigenvalue weighted by Crippen LogP contribution is 2.16. The summed E-state index contributed by atoms with van der Waals surface area (Å²) in [6.45, 7) is 4.54. The first-order valence-corrected chi connectivity index (χ1v) is 7.23. The van der Waals surface area contributed by atoms with Crippen molar-refractivity contribution < 1.29 is 0 Å². The first kappa shape index (κ1) is 13.8. The molecule has 0 bridgehead atoms. The predicted molar refractivity (Wildman–Crippen MR) is 83.5 cm³/mol. The predicted octanol–water partition coefficient (Wildman–Crippen LogP) is 0.918. The van der Waals surface area contributed by atoms with Gasteiger partial charge in [-0.1, -0.05) is 6.07 Å². The Morgan fingerprint density at radius 1 is 0.952 bits per heavy atom. The second kappa shape index (κ2) is 6.49. The Bertz CT molecular complexity index is 548. The van der Waals surface area contributed by atoms with Gasteiger partial charge in [-0.15, -0.1) is 0 Å². The summed E-state index contributed by atoms with van der Waals surface area (Å²) in [7, 11) is 1.91. The fourth-order valence-electron chi connectivity index (χ4n) is 2.49. The molecule has 0 aliphatic carbocycles. The topological polar surface area (TPSA) is 57.2 Å². The lowest BCUT2D eigenvalue weighted by atomic mass is 10.3. The number of pyridine rings is 1. The maximum atomic E-state index is 4.51. The van der Waals surface area contributed by atoms with E-state index in [0.29, 0.717) is 0 Å². The lowest BCUT2D eigenvalue weighted by Gasteiger charge is -2.35. The highest BCUT2D eigenvalue weighted by atomic mass is 15.3. The molecule has 0 atom stereocenters. The minimum atomic E-state index is 0.751. The number of anilines is 2. The van der Waals surface area contributed by atoms with Crippen molar-refractivity contribution in [1.29, 1.82) is 0 Å². The highest BCUT2D eigenvalue weighted by Gasteiger charge is 2.18. The molecule has 0 aromatic carbocycles. The molecule has 21 heavy (non-hydrogen) atoms. The van der Waals surface area contributed by atoms with Crippen LogP contribution in [0.5, 0.6) is 0 Å². The van der Waals surface area contributed by atoms with Crippen LogP contribution in [0.25, 0.3) is 0 Å². The zero-order valence-corrected chi connectivity index (χ0v) is 12.2. The van der Waals surface area contributed by atoms with Crippen molar-refractivity contribution in [2.75, 3.05) is 43.0 Å². The van der Waals surface area contributed by atoms with Gasteiger partial charge in [0.25, 0.3) is 0 Å².